The van der Waals surface area contributed by atoms with Gasteiger partial charge in [0.2, 0.25) is 10.0 Å². The number of hydrogen-bond donors (Lipinski definition) is 2. The zero-order valence-corrected chi connectivity index (χ0v) is 10.3. The molecule has 0 atom stereocenters. The lowest BCUT2D eigenvalue weighted by Crippen LogP contribution is -2.29. The van der Waals surface area contributed by atoms with Gasteiger partial charge in [-0.25, -0.2) is 13.2 Å². The average molecular weight is 262 g/mol. The summed E-state index contributed by atoms with van der Waals surface area (Å²) in [7, 11) is -0.789. The standard InChI is InChI=1S/C9H14N2O5S/c1-11(3-4-16-2)17(14,15)7-5-8(9(12)13)10-6-7/h5-6,10H,3-4H2,1-2H3,(H,12,13). The van der Waals surface area contributed by atoms with E-state index in [2.05, 4.69) is 4.98 Å². The quantitative estimate of drug-likeness (QED) is 0.750. The molecule has 0 saturated heterocycles. The van der Waals surface area contributed by atoms with Gasteiger partial charge in [0.05, 0.1) is 6.61 Å². The summed E-state index contributed by atoms with van der Waals surface area (Å²) >= 11 is 0. The van der Waals surface area contributed by atoms with Crippen molar-refractivity contribution in [3.63, 3.8) is 0 Å². The third kappa shape index (κ3) is 3.05. The molecule has 1 aromatic heterocycles. The number of nitrogens with zero attached hydrogens (tertiary/aromatic N) is 1. The number of carboxylic acid groups (broad SMARTS) is 1. The molecule has 0 amide bonds. The maximum Gasteiger partial charge on any atom is 0.352 e. The fourth-order valence-electron chi connectivity index (χ4n) is 1.17. The van der Waals surface area contributed by atoms with Crippen LogP contribution in [0.2, 0.25) is 0 Å². The summed E-state index contributed by atoms with van der Waals surface area (Å²) in [5.74, 6) is -1.20. The number of hydrogen-bond acceptors (Lipinski definition) is 4. The van der Waals surface area contributed by atoms with E-state index in [9.17, 15) is 13.2 Å². The number of carboxylic acids is 1. The van der Waals surface area contributed by atoms with Crippen LogP contribution < -0.4 is 0 Å². The van der Waals surface area contributed by atoms with Gasteiger partial charge in [-0.2, -0.15) is 4.31 Å². The number of rotatable bonds is 6. The van der Waals surface area contributed by atoms with E-state index in [4.69, 9.17) is 9.84 Å². The number of nitrogens with one attached hydrogen (secondary N) is 1. The normalized spacial score (nSPS) is 11.9. The van der Waals surface area contributed by atoms with Crippen LogP contribution in [-0.4, -0.2) is 56.1 Å². The Labute approximate surface area is 99.1 Å². The maximum atomic E-state index is 11.9. The van der Waals surface area contributed by atoms with Crippen LogP contribution in [0.4, 0.5) is 0 Å². The molecule has 0 spiro atoms. The molecule has 0 aliphatic carbocycles. The Morgan fingerprint density at radius 1 is 1.59 bits per heavy atom. The van der Waals surface area contributed by atoms with E-state index in [1.807, 2.05) is 0 Å². The molecule has 7 nitrogen and oxygen atoms in total. The summed E-state index contributed by atoms with van der Waals surface area (Å²) in [4.78, 5) is 12.9. The number of aromatic amines is 1. The van der Waals surface area contributed by atoms with E-state index < -0.39 is 16.0 Å². The molecule has 1 rings (SSSR count). The van der Waals surface area contributed by atoms with Gasteiger partial charge in [0.25, 0.3) is 0 Å². The molecule has 0 fully saturated rings. The molecule has 2 N–H and O–H groups in total. The Kier molecular flexibility index (Phi) is 4.27. The van der Waals surface area contributed by atoms with Gasteiger partial charge in [-0.1, -0.05) is 0 Å². The number of methoxy groups -OCH3 is 1. The first kappa shape index (κ1) is 13.7. The van der Waals surface area contributed by atoms with Crippen LogP contribution in [0.5, 0.6) is 0 Å². The van der Waals surface area contributed by atoms with Crippen LogP contribution in [0.15, 0.2) is 17.2 Å². The second kappa shape index (κ2) is 5.30. The highest BCUT2D eigenvalue weighted by Gasteiger charge is 2.22. The molecule has 0 aromatic carbocycles. The molecule has 0 aliphatic heterocycles. The molecule has 96 valence electrons. The Balaban J connectivity index is 2.92. The second-order valence-corrected chi connectivity index (χ2v) is 5.42. The van der Waals surface area contributed by atoms with Crippen LogP contribution in [-0.2, 0) is 14.8 Å². The zero-order valence-electron chi connectivity index (χ0n) is 9.50. The van der Waals surface area contributed by atoms with Crippen molar-refractivity contribution in [3.8, 4) is 0 Å². The van der Waals surface area contributed by atoms with E-state index in [-0.39, 0.29) is 23.7 Å². The molecule has 17 heavy (non-hydrogen) atoms. The van der Waals surface area contributed by atoms with Crippen LogP contribution in [0.25, 0.3) is 0 Å². The first-order valence-electron chi connectivity index (χ1n) is 4.76. The number of likely N-dealkylation sites (N-methyl/N-ethyl adjacent to an activating group) is 1. The predicted octanol–water partition coefficient (Wildman–Crippen LogP) is -0.0202. The second-order valence-electron chi connectivity index (χ2n) is 3.37. The lowest BCUT2D eigenvalue weighted by molar-refractivity contribution is 0.0691. The van der Waals surface area contributed by atoms with Crippen molar-refractivity contribution >= 4 is 16.0 Å². The number of aromatic nitrogens is 1. The topological polar surface area (TPSA) is 99.7 Å². The van der Waals surface area contributed by atoms with Gasteiger partial charge in [0.1, 0.15) is 10.6 Å². The number of carbonyl (C=O) groups is 1. The van der Waals surface area contributed by atoms with Crippen molar-refractivity contribution in [2.45, 2.75) is 4.90 Å². The van der Waals surface area contributed by atoms with Gasteiger partial charge in [-0.15, -0.1) is 0 Å². The Bertz CT molecular complexity index is 493. The molecular weight excluding hydrogens is 248 g/mol. The molecule has 0 unspecified atom stereocenters. The van der Waals surface area contributed by atoms with Gasteiger partial charge in [-0.05, 0) is 6.07 Å². The highest BCUT2D eigenvalue weighted by molar-refractivity contribution is 7.89. The number of aromatic carboxylic acids is 1. The molecule has 8 heteroatoms. The third-order valence-corrected chi connectivity index (χ3v) is 4.04. The molecule has 0 radical (unpaired) electrons. The molecule has 1 aromatic rings. The predicted molar refractivity (Wildman–Crippen MR) is 59.4 cm³/mol. The minimum Gasteiger partial charge on any atom is -0.477 e. The van der Waals surface area contributed by atoms with Gasteiger partial charge < -0.3 is 14.8 Å². The smallest absolute Gasteiger partial charge is 0.352 e. The minimum absolute atomic E-state index is 0.0755. The van der Waals surface area contributed by atoms with Crippen molar-refractivity contribution in [3.05, 3.63) is 18.0 Å². The van der Waals surface area contributed by atoms with Gasteiger partial charge in [-0.3, -0.25) is 0 Å². The van der Waals surface area contributed by atoms with Gasteiger partial charge in [0.15, 0.2) is 0 Å². The molecule has 0 aliphatic rings. The van der Waals surface area contributed by atoms with Crippen molar-refractivity contribution < 1.29 is 23.1 Å². The fourth-order valence-corrected chi connectivity index (χ4v) is 2.32. The van der Waals surface area contributed by atoms with E-state index in [0.717, 1.165) is 16.6 Å². The minimum atomic E-state index is -3.67. The third-order valence-electron chi connectivity index (χ3n) is 2.21. The monoisotopic (exact) mass is 262 g/mol. The van der Waals surface area contributed by atoms with Gasteiger partial charge in [0, 0.05) is 26.9 Å². The highest BCUT2D eigenvalue weighted by Crippen LogP contribution is 2.15. The van der Waals surface area contributed by atoms with Crippen molar-refractivity contribution in [1.82, 2.24) is 9.29 Å². The average Bonchev–Trinajstić information content (AvgIpc) is 2.75. The van der Waals surface area contributed by atoms with E-state index in [1.54, 1.807) is 0 Å². The van der Waals surface area contributed by atoms with Crippen LogP contribution in [0.1, 0.15) is 10.5 Å². The molecular formula is C9H14N2O5S. The summed E-state index contributed by atoms with van der Waals surface area (Å²) < 4.78 is 29.7. The Morgan fingerprint density at radius 3 is 2.71 bits per heavy atom. The fraction of sp³-hybridized carbons (Fsp3) is 0.444. The van der Waals surface area contributed by atoms with Crippen molar-refractivity contribution in [1.29, 1.82) is 0 Å². The van der Waals surface area contributed by atoms with Crippen LogP contribution >= 0.6 is 0 Å². The number of H-pyrrole nitrogens is 1. The van der Waals surface area contributed by atoms with E-state index in [0.29, 0.717) is 0 Å². The zero-order chi connectivity index (χ0) is 13.1. The van der Waals surface area contributed by atoms with Gasteiger partial charge >= 0.3 is 5.97 Å². The molecule has 0 bridgehead atoms. The summed E-state index contributed by atoms with van der Waals surface area (Å²) in [6.07, 6.45) is 1.15. The first-order valence-corrected chi connectivity index (χ1v) is 6.20. The Hall–Kier alpha value is -1.38. The molecule has 1 heterocycles. The lowest BCUT2D eigenvalue weighted by Gasteiger charge is -2.15. The summed E-state index contributed by atoms with van der Waals surface area (Å²) in [6, 6.07) is 1.08. The SMILES string of the molecule is COCCN(C)S(=O)(=O)c1c[nH]c(C(=O)O)c1. The largest absolute Gasteiger partial charge is 0.477 e. The van der Waals surface area contributed by atoms with E-state index >= 15 is 0 Å². The van der Waals surface area contributed by atoms with Crippen LogP contribution in [0, 0.1) is 0 Å². The lowest BCUT2D eigenvalue weighted by atomic mass is 10.4. The maximum absolute atomic E-state index is 11.9. The van der Waals surface area contributed by atoms with Crippen molar-refractivity contribution in [2.24, 2.45) is 0 Å². The molecule has 0 saturated carbocycles. The summed E-state index contributed by atoms with van der Waals surface area (Å²) in [5, 5.41) is 8.68. The van der Waals surface area contributed by atoms with Crippen molar-refractivity contribution in [2.75, 3.05) is 27.3 Å². The number of sulfonamides is 1. The highest BCUT2D eigenvalue weighted by atomic mass is 32.2. The van der Waals surface area contributed by atoms with Crippen LogP contribution in [0.3, 0.4) is 0 Å². The summed E-state index contributed by atoms with van der Waals surface area (Å²) in [5.41, 5.74) is -0.163. The summed E-state index contributed by atoms with van der Waals surface area (Å²) in [6.45, 7) is 0.471. The first-order chi connectivity index (χ1) is 7.89. The number of ether oxygens (including phenoxy) is 1. The Morgan fingerprint density at radius 2 is 2.24 bits per heavy atom. The van der Waals surface area contributed by atoms with E-state index in [1.165, 1.54) is 14.2 Å².